The standard InChI is InChI=1S/C10H20F3O4P/c1-3-5-7-15-18(14,16-8-6-4-2)17-10(12,13)9-11/h3-9H2,1-2H3. The van der Waals surface area contributed by atoms with Gasteiger partial charge in [0.25, 0.3) is 0 Å². The molecule has 0 bridgehead atoms. The van der Waals surface area contributed by atoms with Crippen LogP contribution in [0.1, 0.15) is 39.5 Å². The molecule has 0 rings (SSSR count). The second-order valence-corrected chi connectivity index (χ2v) is 5.28. The van der Waals surface area contributed by atoms with Crippen LogP contribution in [0.15, 0.2) is 0 Å². The Balaban J connectivity index is 4.43. The van der Waals surface area contributed by atoms with Gasteiger partial charge in [-0.15, -0.1) is 0 Å². The number of hydrogen-bond donors (Lipinski definition) is 0. The highest BCUT2D eigenvalue weighted by Gasteiger charge is 2.42. The van der Waals surface area contributed by atoms with E-state index < -0.39 is 20.6 Å². The van der Waals surface area contributed by atoms with Crippen molar-refractivity contribution in [1.29, 1.82) is 0 Å². The summed E-state index contributed by atoms with van der Waals surface area (Å²) in [6, 6.07) is 0. The molecular weight excluding hydrogens is 272 g/mol. The molecule has 0 unspecified atom stereocenters. The van der Waals surface area contributed by atoms with Crippen molar-refractivity contribution in [1.82, 2.24) is 0 Å². The van der Waals surface area contributed by atoms with Crippen molar-refractivity contribution in [2.45, 2.75) is 45.6 Å². The highest BCUT2D eigenvalue weighted by Crippen LogP contribution is 2.53. The molecule has 0 aromatic heterocycles. The molecule has 0 amide bonds. The van der Waals surface area contributed by atoms with Gasteiger partial charge in [0.1, 0.15) is 0 Å². The van der Waals surface area contributed by atoms with Crippen LogP contribution < -0.4 is 0 Å². The topological polar surface area (TPSA) is 44.8 Å². The van der Waals surface area contributed by atoms with Gasteiger partial charge in [0, 0.05) is 0 Å². The monoisotopic (exact) mass is 292 g/mol. The van der Waals surface area contributed by atoms with Crippen LogP contribution in [0.25, 0.3) is 0 Å². The average molecular weight is 292 g/mol. The Kier molecular flexibility index (Phi) is 8.86. The Labute approximate surface area is 105 Å². The fraction of sp³-hybridized carbons (Fsp3) is 1.00. The van der Waals surface area contributed by atoms with Gasteiger partial charge in [0.15, 0.2) is 6.67 Å². The van der Waals surface area contributed by atoms with Crippen molar-refractivity contribution >= 4 is 7.82 Å². The fourth-order valence-electron chi connectivity index (χ4n) is 0.919. The van der Waals surface area contributed by atoms with Gasteiger partial charge in [-0.25, -0.2) is 13.5 Å². The van der Waals surface area contributed by atoms with Gasteiger partial charge >= 0.3 is 13.9 Å². The quantitative estimate of drug-likeness (QED) is 0.420. The van der Waals surface area contributed by atoms with E-state index in [-0.39, 0.29) is 13.2 Å². The van der Waals surface area contributed by atoms with Crippen molar-refractivity contribution < 1.29 is 31.3 Å². The zero-order valence-corrected chi connectivity index (χ0v) is 11.6. The van der Waals surface area contributed by atoms with Crippen molar-refractivity contribution in [3.05, 3.63) is 0 Å². The molecule has 8 heteroatoms. The molecule has 0 aliphatic carbocycles. The fourth-order valence-corrected chi connectivity index (χ4v) is 2.18. The summed E-state index contributed by atoms with van der Waals surface area (Å²) < 4.78 is 62.6. The molecule has 110 valence electrons. The second kappa shape index (κ2) is 8.91. The predicted octanol–water partition coefficient (Wildman–Crippen LogP) is 4.31. The van der Waals surface area contributed by atoms with Gasteiger partial charge in [-0.1, -0.05) is 26.7 Å². The lowest BCUT2D eigenvalue weighted by Gasteiger charge is -2.21. The lowest BCUT2D eigenvalue weighted by atomic mass is 10.4. The molecule has 0 saturated heterocycles. The van der Waals surface area contributed by atoms with Crippen molar-refractivity contribution in [3.8, 4) is 0 Å². The van der Waals surface area contributed by atoms with Crippen LogP contribution >= 0.6 is 7.82 Å². The summed E-state index contributed by atoms with van der Waals surface area (Å²) in [4.78, 5) is 0. The van der Waals surface area contributed by atoms with Crippen LogP contribution in [0.5, 0.6) is 0 Å². The number of alkyl halides is 3. The first-order chi connectivity index (χ1) is 8.39. The Bertz CT molecular complexity index is 250. The molecular formula is C10H20F3O4P. The molecule has 0 aliphatic rings. The van der Waals surface area contributed by atoms with E-state index >= 15 is 0 Å². The van der Waals surface area contributed by atoms with E-state index in [0.29, 0.717) is 12.8 Å². The molecule has 0 spiro atoms. The molecule has 0 radical (unpaired) electrons. The Morgan fingerprint density at radius 3 is 1.83 bits per heavy atom. The lowest BCUT2D eigenvalue weighted by Crippen LogP contribution is -2.23. The van der Waals surface area contributed by atoms with Crippen LogP contribution in [0, 0.1) is 0 Å². The molecule has 4 nitrogen and oxygen atoms in total. The number of phosphoric ester groups is 1. The highest BCUT2D eigenvalue weighted by molar-refractivity contribution is 7.48. The van der Waals surface area contributed by atoms with Gasteiger partial charge < -0.3 is 0 Å². The molecule has 0 N–H and O–H groups in total. The van der Waals surface area contributed by atoms with Gasteiger partial charge in [0.2, 0.25) is 0 Å². The number of hydrogen-bond acceptors (Lipinski definition) is 4. The second-order valence-electron chi connectivity index (χ2n) is 3.68. The summed E-state index contributed by atoms with van der Waals surface area (Å²) in [7, 11) is -4.41. The molecule has 0 saturated carbocycles. The number of halogens is 3. The Morgan fingerprint density at radius 2 is 1.50 bits per heavy atom. The average Bonchev–Trinajstić information content (AvgIpc) is 2.29. The first-order valence-corrected chi connectivity index (χ1v) is 7.39. The van der Waals surface area contributed by atoms with E-state index in [1.54, 1.807) is 0 Å². The lowest BCUT2D eigenvalue weighted by molar-refractivity contribution is -0.199. The van der Waals surface area contributed by atoms with E-state index in [0.717, 1.165) is 12.8 Å². The summed E-state index contributed by atoms with van der Waals surface area (Å²) in [5.41, 5.74) is 0. The maximum Gasteiger partial charge on any atom is 0.479 e. The van der Waals surface area contributed by atoms with Gasteiger partial charge in [0.05, 0.1) is 13.2 Å². The maximum absolute atomic E-state index is 12.7. The zero-order valence-electron chi connectivity index (χ0n) is 10.7. The van der Waals surface area contributed by atoms with Crippen LogP contribution in [0.2, 0.25) is 0 Å². The van der Waals surface area contributed by atoms with Crippen LogP contribution in [-0.2, 0) is 18.1 Å². The third kappa shape index (κ3) is 8.08. The molecule has 0 atom stereocenters. The van der Waals surface area contributed by atoms with E-state index in [4.69, 9.17) is 9.05 Å². The number of unbranched alkanes of at least 4 members (excludes halogenated alkanes) is 2. The van der Waals surface area contributed by atoms with E-state index in [1.165, 1.54) is 0 Å². The molecule has 18 heavy (non-hydrogen) atoms. The largest absolute Gasteiger partial charge is 0.479 e. The SMILES string of the molecule is CCCCOP(=O)(OCCCC)OC(F)(F)CF. The van der Waals surface area contributed by atoms with Gasteiger partial charge in [-0.2, -0.15) is 8.78 Å². The summed E-state index contributed by atoms with van der Waals surface area (Å²) in [5.74, 6) is 0. The number of phosphoric acid groups is 1. The smallest absolute Gasteiger partial charge is 0.287 e. The van der Waals surface area contributed by atoms with Crippen LogP contribution in [0.4, 0.5) is 13.2 Å². The normalized spacial score (nSPS) is 12.9. The summed E-state index contributed by atoms with van der Waals surface area (Å²) in [6.45, 7) is 1.54. The van der Waals surface area contributed by atoms with Crippen LogP contribution in [0.3, 0.4) is 0 Å². The van der Waals surface area contributed by atoms with Crippen molar-refractivity contribution in [3.63, 3.8) is 0 Å². The summed E-state index contributed by atoms with van der Waals surface area (Å²) >= 11 is 0. The minimum Gasteiger partial charge on any atom is -0.287 e. The Hall–Kier alpha value is -0.100. The Morgan fingerprint density at radius 1 is 1.06 bits per heavy atom. The highest BCUT2D eigenvalue weighted by atomic mass is 31.2. The van der Waals surface area contributed by atoms with Crippen molar-refractivity contribution in [2.24, 2.45) is 0 Å². The predicted molar refractivity (Wildman–Crippen MR) is 61.3 cm³/mol. The van der Waals surface area contributed by atoms with Crippen LogP contribution in [-0.4, -0.2) is 26.0 Å². The van der Waals surface area contributed by atoms with E-state index in [9.17, 15) is 17.7 Å². The molecule has 0 aromatic carbocycles. The molecule has 0 aromatic rings. The van der Waals surface area contributed by atoms with E-state index in [1.807, 2.05) is 13.8 Å². The van der Waals surface area contributed by atoms with E-state index in [2.05, 4.69) is 4.52 Å². The molecule has 0 heterocycles. The zero-order chi connectivity index (χ0) is 14.1. The third-order valence-electron chi connectivity index (χ3n) is 1.90. The van der Waals surface area contributed by atoms with Gasteiger partial charge in [-0.3, -0.25) is 9.05 Å². The molecule has 0 fully saturated rings. The minimum absolute atomic E-state index is 0.0394. The third-order valence-corrected chi connectivity index (χ3v) is 3.38. The first-order valence-electron chi connectivity index (χ1n) is 5.92. The molecule has 0 aliphatic heterocycles. The first kappa shape index (κ1) is 17.9. The number of rotatable bonds is 11. The maximum atomic E-state index is 12.7. The van der Waals surface area contributed by atoms with Gasteiger partial charge in [-0.05, 0) is 12.8 Å². The summed E-state index contributed by atoms with van der Waals surface area (Å²) in [6.07, 6.45) is -1.66. The van der Waals surface area contributed by atoms with Crippen molar-refractivity contribution in [2.75, 3.05) is 19.9 Å². The summed E-state index contributed by atoms with van der Waals surface area (Å²) in [5, 5.41) is 0. The minimum atomic E-state index is -4.41.